The highest BCUT2D eigenvalue weighted by Crippen LogP contribution is 2.30. The summed E-state index contributed by atoms with van der Waals surface area (Å²) in [5.41, 5.74) is 2.12. The maximum absolute atomic E-state index is 12.8. The van der Waals surface area contributed by atoms with E-state index >= 15 is 0 Å². The summed E-state index contributed by atoms with van der Waals surface area (Å²) in [5.74, 6) is 0.216. The Morgan fingerprint density at radius 2 is 1.87 bits per heavy atom. The number of benzene rings is 3. The molecule has 1 amide bonds. The van der Waals surface area contributed by atoms with Gasteiger partial charge in [-0.3, -0.25) is 19.5 Å². The molecule has 0 bridgehead atoms. The lowest BCUT2D eigenvalue weighted by atomic mass is 10.1. The second-order valence-corrected chi connectivity index (χ2v) is 11.1. The zero-order chi connectivity index (χ0) is 27.4. The van der Waals surface area contributed by atoms with Crippen LogP contribution in [-0.4, -0.2) is 36.3 Å². The minimum atomic E-state index is -0.458. The Kier molecular flexibility index (Phi) is 8.22. The highest BCUT2D eigenvalue weighted by atomic mass is 35.5. The molecule has 3 aromatic carbocycles. The van der Waals surface area contributed by atoms with Crippen molar-refractivity contribution in [2.75, 3.05) is 11.1 Å². The number of carbonyl (C=O) groups excluding carboxylic acids is 1. The molecule has 0 spiro atoms. The van der Waals surface area contributed by atoms with Gasteiger partial charge in [-0.25, -0.2) is 4.98 Å². The number of non-ortho nitro benzene ring substituents is 1. The number of rotatable bonds is 9. The van der Waals surface area contributed by atoms with Gasteiger partial charge >= 0.3 is 0 Å². The van der Waals surface area contributed by atoms with Gasteiger partial charge < -0.3 is 5.32 Å². The second kappa shape index (κ2) is 12.0. The molecule has 9 nitrogen and oxygen atoms in total. The largest absolute Gasteiger partial charge is 0.301 e. The fourth-order valence-corrected chi connectivity index (χ4v) is 5.70. The van der Waals surface area contributed by atoms with Gasteiger partial charge in [-0.15, -0.1) is 21.5 Å². The Morgan fingerprint density at radius 1 is 1.05 bits per heavy atom. The number of nitrogens with one attached hydrogen (secondary N) is 1. The molecule has 39 heavy (non-hydrogen) atoms. The topological polar surface area (TPSA) is 116 Å². The van der Waals surface area contributed by atoms with Gasteiger partial charge in [-0.1, -0.05) is 65.3 Å². The molecule has 0 aliphatic rings. The molecule has 0 aliphatic carbocycles. The van der Waals surface area contributed by atoms with Crippen LogP contribution < -0.4 is 5.32 Å². The Hall–Kier alpha value is -3.77. The van der Waals surface area contributed by atoms with Crippen molar-refractivity contribution < 1.29 is 9.72 Å². The van der Waals surface area contributed by atoms with E-state index in [0.717, 1.165) is 16.1 Å². The number of anilines is 1. The first-order valence-electron chi connectivity index (χ1n) is 11.4. The van der Waals surface area contributed by atoms with Crippen LogP contribution in [0.3, 0.4) is 0 Å². The van der Waals surface area contributed by atoms with Gasteiger partial charge in [0.1, 0.15) is 0 Å². The molecule has 0 fully saturated rings. The molecule has 0 saturated carbocycles. The second-order valence-electron chi connectivity index (χ2n) is 8.17. The first-order chi connectivity index (χ1) is 18.9. The lowest BCUT2D eigenvalue weighted by molar-refractivity contribution is -0.384. The monoisotopic (exact) mass is 596 g/mol. The molecule has 0 atom stereocenters. The number of halogens is 2. The molecule has 0 saturated heterocycles. The number of nitrogens with zero attached hydrogens (tertiary/aromatic N) is 5. The minimum Gasteiger partial charge on any atom is -0.301 e. The first-order valence-corrected chi connectivity index (χ1v) is 14.0. The van der Waals surface area contributed by atoms with Crippen molar-refractivity contribution in [1.29, 1.82) is 0 Å². The third-order valence-electron chi connectivity index (χ3n) is 5.47. The number of hydrogen-bond acceptors (Lipinski definition) is 8. The number of nitro groups is 1. The quantitative estimate of drug-likeness (QED) is 0.111. The summed E-state index contributed by atoms with van der Waals surface area (Å²) in [6.07, 6.45) is 2.24. The maximum atomic E-state index is 12.8. The van der Waals surface area contributed by atoms with Crippen molar-refractivity contribution in [2.24, 2.45) is 0 Å². The van der Waals surface area contributed by atoms with E-state index < -0.39 is 4.92 Å². The zero-order valence-corrected chi connectivity index (χ0v) is 23.1. The third kappa shape index (κ3) is 6.45. The van der Waals surface area contributed by atoms with E-state index in [1.807, 2.05) is 36.4 Å². The summed E-state index contributed by atoms with van der Waals surface area (Å²) >= 11 is 14.9. The summed E-state index contributed by atoms with van der Waals surface area (Å²) < 4.78 is 1.77. The molecule has 2 heterocycles. The number of thioether (sulfide) groups is 1. The lowest BCUT2D eigenvalue weighted by Gasteiger charge is -2.10. The summed E-state index contributed by atoms with van der Waals surface area (Å²) in [4.78, 5) is 28.8. The van der Waals surface area contributed by atoms with Crippen molar-refractivity contribution in [1.82, 2.24) is 19.7 Å². The van der Waals surface area contributed by atoms with Crippen LogP contribution in [0.5, 0.6) is 0 Å². The van der Waals surface area contributed by atoms with Crippen LogP contribution in [0, 0.1) is 10.1 Å². The predicted octanol–water partition coefficient (Wildman–Crippen LogP) is 6.93. The molecule has 5 aromatic rings. The summed E-state index contributed by atoms with van der Waals surface area (Å²) in [6.45, 7) is 0. The number of para-hydroxylation sites is 1. The van der Waals surface area contributed by atoms with Gasteiger partial charge in [0.25, 0.3) is 5.69 Å². The van der Waals surface area contributed by atoms with E-state index in [2.05, 4.69) is 20.5 Å². The molecule has 2 aromatic heterocycles. The number of amides is 1. The maximum Gasteiger partial charge on any atom is 0.270 e. The van der Waals surface area contributed by atoms with Crippen molar-refractivity contribution in [3.8, 4) is 17.1 Å². The standard InChI is InChI=1S/C26H18Cl2N6O3S2/c27-18-9-10-22(28)17(11-18)13-21-14-29-25(39-21)30-23(35)15-38-26-32-31-24(33(26)19-6-2-1-3-7-19)16-5-4-8-20(12-16)34(36)37/h1-12,14H,13,15H2,(H,29,30,35). The number of nitro benzene ring substituents is 1. The predicted molar refractivity (Wildman–Crippen MR) is 154 cm³/mol. The smallest absolute Gasteiger partial charge is 0.270 e. The van der Waals surface area contributed by atoms with Crippen molar-refractivity contribution in [3.05, 3.63) is 110 Å². The van der Waals surface area contributed by atoms with Crippen LogP contribution in [0.15, 0.2) is 84.1 Å². The fourth-order valence-electron chi connectivity index (χ4n) is 3.72. The van der Waals surface area contributed by atoms with Crippen molar-refractivity contribution >= 4 is 63.0 Å². The van der Waals surface area contributed by atoms with E-state index in [0.29, 0.717) is 38.1 Å². The molecule has 0 radical (unpaired) electrons. The number of hydrogen-bond donors (Lipinski definition) is 1. The van der Waals surface area contributed by atoms with Gasteiger partial charge in [0, 0.05) is 50.9 Å². The van der Waals surface area contributed by atoms with E-state index in [1.165, 1.54) is 35.2 Å². The Labute approximate surface area is 241 Å². The molecular weight excluding hydrogens is 579 g/mol. The molecular formula is C26H18Cl2N6O3S2. The van der Waals surface area contributed by atoms with Crippen molar-refractivity contribution in [2.45, 2.75) is 11.6 Å². The van der Waals surface area contributed by atoms with Crippen LogP contribution >= 0.6 is 46.3 Å². The Morgan fingerprint density at radius 3 is 2.67 bits per heavy atom. The molecule has 13 heteroatoms. The molecule has 5 rings (SSSR count). The number of carbonyl (C=O) groups is 1. The highest BCUT2D eigenvalue weighted by Gasteiger charge is 2.19. The zero-order valence-electron chi connectivity index (χ0n) is 20.0. The van der Waals surface area contributed by atoms with Crippen LogP contribution in [0.1, 0.15) is 10.4 Å². The highest BCUT2D eigenvalue weighted by molar-refractivity contribution is 7.99. The minimum absolute atomic E-state index is 0.0505. The van der Waals surface area contributed by atoms with E-state index in [4.69, 9.17) is 23.2 Å². The first kappa shape index (κ1) is 26.8. The Bertz CT molecular complexity index is 1660. The average Bonchev–Trinajstić information content (AvgIpc) is 3.57. The van der Waals surface area contributed by atoms with Gasteiger partial charge in [0.05, 0.1) is 10.7 Å². The lowest BCUT2D eigenvalue weighted by Crippen LogP contribution is -2.14. The fraction of sp³-hybridized carbons (Fsp3) is 0.0769. The van der Waals surface area contributed by atoms with Gasteiger partial charge in [0.15, 0.2) is 16.1 Å². The summed E-state index contributed by atoms with van der Waals surface area (Å²) in [6, 6.07) is 20.8. The van der Waals surface area contributed by atoms with Crippen LogP contribution in [0.2, 0.25) is 10.0 Å². The molecule has 0 aliphatic heterocycles. The van der Waals surface area contributed by atoms with E-state index in [-0.39, 0.29) is 17.3 Å². The SMILES string of the molecule is O=C(CSc1nnc(-c2cccc([N+](=O)[O-])c2)n1-c1ccccc1)Nc1ncc(Cc2cc(Cl)ccc2Cl)s1. The molecule has 0 unspecified atom stereocenters. The van der Waals surface area contributed by atoms with Gasteiger partial charge in [-0.2, -0.15) is 0 Å². The van der Waals surface area contributed by atoms with Crippen LogP contribution in [-0.2, 0) is 11.2 Å². The van der Waals surface area contributed by atoms with Gasteiger partial charge in [-0.05, 0) is 35.9 Å². The third-order valence-corrected chi connectivity index (χ3v) is 7.91. The van der Waals surface area contributed by atoms with E-state index in [9.17, 15) is 14.9 Å². The van der Waals surface area contributed by atoms with Crippen LogP contribution in [0.4, 0.5) is 10.8 Å². The Balaban J connectivity index is 1.31. The number of aromatic nitrogens is 4. The molecule has 196 valence electrons. The average molecular weight is 598 g/mol. The van der Waals surface area contributed by atoms with Gasteiger partial charge in [0.2, 0.25) is 5.91 Å². The van der Waals surface area contributed by atoms with Crippen LogP contribution in [0.25, 0.3) is 17.1 Å². The summed E-state index contributed by atoms with van der Waals surface area (Å²) in [5, 5.41) is 24.8. The number of thiazole rings is 1. The van der Waals surface area contributed by atoms with Crippen molar-refractivity contribution in [3.63, 3.8) is 0 Å². The summed E-state index contributed by atoms with van der Waals surface area (Å²) in [7, 11) is 0. The normalized spacial score (nSPS) is 10.9. The van der Waals surface area contributed by atoms with E-state index in [1.54, 1.807) is 35.0 Å². The molecule has 1 N–H and O–H groups in total.